The molecule has 1 saturated heterocycles. The van der Waals surface area contributed by atoms with Gasteiger partial charge in [-0.05, 0) is 31.7 Å². The Hall–Kier alpha value is -2.92. The first-order chi connectivity index (χ1) is 15.1. The summed E-state index contributed by atoms with van der Waals surface area (Å²) >= 11 is 0. The summed E-state index contributed by atoms with van der Waals surface area (Å²) in [6, 6.07) is 5.85. The van der Waals surface area contributed by atoms with Crippen molar-refractivity contribution in [3.63, 3.8) is 0 Å². The van der Waals surface area contributed by atoms with Crippen LogP contribution >= 0.6 is 0 Å². The van der Waals surface area contributed by atoms with Crippen LogP contribution < -0.4 is 10.1 Å². The second-order valence-electron chi connectivity index (χ2n) is 8.03. The van der Waals surface area contributed by atoms with E-state index in [0.29, 0.717) is 30.3 Å². The molecule has 1 N–H and O–H groups in total. The van der Waals surface area contributed by atoms with Gasteiger partial charge in [0, 0.05) is 44.0 Å². The van der Waals surface area contributed by atoms with E-state index in [4.69, 9.17) is 4.74 Å². The van der Waals surface area contributed by atoms with Crippen LogP contribution in [0.15, 0.2) is 29.2 Å². The van der Waals surface area contributed by atoms with E-state index >= 15 is 0 Å². The van der Waals surface area contributed by atoms with Crippen LogP contribution in [0.2, 0.25) is 0 Å². The van der Waals surface area contributed by atoms with Crippen molar-refractivity contribution in [2.24, 2.45) is 13.0 Å². The average Bonchev–Trinajstić information content (AvgIpc) is 3.07. The van der Waals surface area contributed by atoms with Crippen LogP contribution in [0, 0.1) is 23.0 Å². The number of sulfonamides is 1. The zero-order chi connectivity index (χ0) is 23.6. The monoisotopic (exact) mass is 464 g/mol. The van der Waals surface area contributed by atoms with E-state index in [0.717, 1.165) is 12.8 Å². The number of carbonyl (C=O) groups is 1. The van der Waals surface area contributed by atoms with Gasteiger partial charge in [-0.3, -0.25) is 14.9 Å². The first kappa shape index (κ1) is 23.7. The zero-order valence-electron chi connectivity index (χ0n) is 18.6. The molecule has 11 heteroatoms. The summed E-state index contributed by atoms with van der Waals surface area (Å²) in [5.41, 5.74) is 0.909. The van der Waals surface area contributed by atoms with Crippen LogP contribution in [-0.2, 0) is 23.6 Å². The van der Waals surface area contributed by atoms with E-state index in [1.165, 1.54) is 29.6 Å². The molecule has 0 bridgehead atoms. The molecular weight excluding hydrogens is 436 g/mol. The Balaban J connectivity index is 1.82. The van der Waals surface area contributed by atoms with Gasteiger partial charge >= 0.3 is 5.69 Å². The summed E-state index contributed by atoms with van der Waals surface area (Å²) in [6.45, 7) is 4.69. The fourth-order valence-electron chi connectivity index (χ4n) is 3.87. The number of methoxy groups -OCH3 is 1. The number of piperidine rings is 1. The van der Waals surface area contributed by atoms with Crippen molar-refractivity contribution in [3.8, 4) is 5.75 Å². The molecule has 0 spiro atoms. The Morgan fingerprint density at radius 1 is 1.31 bits per heavy atom. The highest BCUT2D eigenvalue weighted by molar-refractivity contribution is 7.89. The zero-order valence-corrected chi connectivity index (χ0v) is 19.4. The standard InChI is InChI=1S/C21H28N4O6S/c1-14-8-10-24(11-9-14)32(29,30)19-12-18(23(3)15(19)2)21(26)22-13-16-6-5-7-17(25(27)28)20(16)31-4/h5-7,12,14H,8-11,13H2,1-4H3,(H,22,26). The third-order valence-electron chi connectivity index (χ3n) is 6.00. The van der Waals surface area contributed by atoms with E-state index in [2.05, 4.69) is 12.2 Å². The van der Waals surface area contributed by atoms with E-state index in [-0.39, 0.29) is 28.6 Å². The summed E-state index contributed by atoms with van der Waals surface area (Å²) in [7, 11) is -0.746. The SMILES string of the molecule is COc1c(CNC(=O)c2cc(S(=O)(=O)N3CCC(C)CC3)c(C)n2C)cccc1[N+](=O)[O-]. The van der Waals surface area contributed by atoms with E-state index in [9.17, 15) is 23.3 Å². The number of hydrogen-bond acceptors (Lipinski definition) is 6. The molecule has 32 heavy (non-hydrogen) atoms. The smallest absolute Gasteiger partial charge is 0.311 e. The maximum absolute atomic E-state index is 13.2. The van der Waals surface area contributed by atoms with Gasteiger partial charge in [-0.25, -0.2) is 8.42 Å². The van der Waals surface area contributed by atoms with Crippen LogP contribution in [0.3, 0.4) is 0 Å². The molecule has 10 nitrogen and oxygen atoms in total. The minimum atomic E-state index is -3.71. The second kappa shape index (κ2) is 9.29. The van der Waals surface area contributed by atoms with Gasteiger partial charge in [-0.2, -0.15) is 4.31 Å². The third-order valence-corrected chi connectivity index (χ3v) is 8.01. The fraction of sp³-hybridized carbons (Fsp3) is 0.476. The molecular formula is C21H28N4O6S. The van der Waals surface area contributed by atoms with Gasteiger partial charge in [-0.1, -0.05) is 19.1 Å². The molecule has 1 aromatic heterocycles. The maximum atomic E-state index is 13.2. The van der Waals surface area contributed by atoms with Gasteiger partial charge in [0.1, 0.15) is 10.6 Å². The summed E-state index contributed by atoms with van der Waals surface area (Å²) in [5.74, 6) is 0.0757. The molecule has 0 aliphatic carbocycles. The number of aromatic nitrogens is 1. The molecule has 0 unspecified atom stereocenters. The molecule has 2 heterocycles. The molecule has 0 atom stereocenters. The van der Waals surface area contributed by atoms with Crippen LogP contribution in [0.25, 0.3) is 0 Å². The van der Waals surface area contributed by atoms with Crippen molar-refractivity contribution in [3.05, 3.63) is 51.3 Å². The van der Waals surface area contributed by atoms with Gasteiger partial charge in [0.25, 0.3) is 5.91 Å². The normalized spacial score (nSPS) is 15.5. The summed E-state index contributed by atoms with van der Waals surface area (Å²) < 4.78 is 34.5. The summed E-state index contributed by atoms with van der Waals surface area (Å²) in [4.78, 5) is 23.6. The quantitative estimate of drug-likeness (QED) is 0.496. The van der Waals surface area contributed by atoms with Crippen molar-refractivity contribution in [1.82, 2.24) is 14.2 Å². The molecule has 0 saturated carbocycles. The number of hydrogen-bond donors (Lipinski definition) is 1. The van der Waals surface area contributed by atoms with Crippen molar-refractivity contribution in [1.29, 1.82) is 0 Å². The highest BCUT2D eigenvalue weighted by Crippen LogP contribution is 2.31. The molecule has 3 rings (SSSR count). The minimum absolute atomic E-state index is 0.0139. The summed E-state index contributed by atoms with van der Waals surface area (Å²) in [6.07, 6.45) is 1.62. The first-order valence-electron chi connectivity index (χ1n) is 10.3. The molecule has 1 aliphatic rings. The van der Waals surface area contributed by atoms with E-state index < -0.39 is 20.9 Å². The lowest BCUT2D eigenvalue weighted by atomic mass is 10.0. The molecule has 1 aromatic carbocycles. The molecule has 1 amide bonds. The number of nitro groups is 1. The topological polar surface area (TPSA) is 124 Å². The minimum Gasteiger partial charge on any atom is -0.490 e. The third kappa shape index (κ3) is 4.49. The predicted molar refractivity (Wildman–Crippen MR) is 118 cm³/mol. The van der Waals surface area contributed by atoms with Crippen molar-refractivity contribution >= 4 is 21.6 Å². The number of rotatable bonds is 7. The van der Waals surface area contributed by atoms with E-state index in [1.54, 1.807) is 24.6 Å². The lowest BCUT2D eigenvalue weighted by Gasteiger charge is -2.29. The van der Waals surface area contributed by atoms with E-state index in [1.807, 2.05) is 0 Å². The number of para-hydroxylation sites is 1. The van der Waals surface area contributed by atoms with Crippen molar-refractivity contribution in [2.45, 2.75) is 38.1 Å². The molecule has 174 valence electrons. The first-order valence-corrected chi connectivity index (χ1v) is 11.8. The Morgan fingerprint density at radius 3 is 2.56 bits per heavy atom. The second-order valence-corrected chi connectivity index (χ2v) is 9.94. The molecule has 0 radical (unpaired) electrons. The van der Waals surface area contributed by atoms with Crippen molar-refractivity contribution in [2.75, 3.05) is 20.2 Å². The Morgan fingerprint density at radius 2 is 1.97 bits per heavy atom. The maximum Gasteiger partial charge on any atom is 0.311 e. The predicted octanol–water partition coefficient (Wildman–Crippen LogP) is 2.60. The highest BCUT2D eigenvalue weighted by atomic mass is 32.2. The molecule has 2 aromatic rings. The number of ether oxygens (including phenoxy) is 1. The molecule has 1 aliphatic heterocycles. The lowest BCUT2D eigenvalue weighted by molar-refractivity contribution is -0.385. The van der Waals surface area contributed by atoms with Crippen LogP contribution in [0.4, 0.5) is 5.69 Å². The Kier molecular flexibility index (Phi) is 6.89. The lowest BCUT2D eigenvalue weighted by Crippen LogP contribution is -2.38. The van der Waals surface area contributed by atoms with Crippen LogP contribution in [0.5, 0.6) is 5.75 Å². The Labute approximate surface area is 187 Å². The van der Waals surface area contributed by atoms with Gasteiger partial charge in [0.15, 0.2) is 0 Å². The number of carbonyl (C=O) groups excluding carboxylic acids is 1. The number of amides is 1. The number of nitrogens with zero attached hydrogens (tertiary/aromatic N) is 3. The van der Waals surface area contributed by atoms with Gasteiger partial charge in [0.05, 0.1) is 12.0 Å². The number of nitro benzene ring substituents is 1. The Bertz CT molecular complexity index is 1130. The average molecular weight is 465 g/mol. The molecule has 1 fully saturated rings. The number of benzene rings is 1. The van der Waals surface area contributed by atoms with Crippen LogP contribution in [-0.4, -0.2) is 48.3 Å². The summed E-state index contributed by atoms with van der Waals surface area (Å²) in [5, 5.41) is 13.9. The van der Waals surface area contributed by atoms with Gasteiger partial charge < -0.3 is 14.6 Å². The number of nitrogens with one attached hydrogen (secondary N) is 1. The largest absolute Gasteiger partial charge is 0.490 e. The highest BCUT2D eigenvalue weighted by Gasteiger charge is 2.32. The van der Waals surface area contributed by atoms with Gasteiger partial charge in [0.2, 0.25) is 15.8 Å². The van der Waals surface area contributed by atoms with Gasteiger partial charge in [-0.15, -0.1) is 0 Å². The van der Waals surface area contributed by atoms with Crippen molar-refractivity contribution < 1.29 is 22.9 Å². The van der Waals surface area contributed by atoms with Crippen LogP contribution in [0.1, 0.15) is 41.5 Å². The fourth-order valence-corrected chi connectivity index (χ4v) is 5.61.